The van der Waals surface area contributed by atoms with E-state index in [1.165, 1.54) is 53.5 Å². The molecule has 0 aliphatic carbocycles. The van der Waals surface area contributed by atoms with Crippen molar-refractivity contribution in [3.8, 4) is 0 Å². The van der Waals surface area contributed by atoms with Gasteiger partial charge in [-0.25, -0.2) is 9.37 Å². The van der Waals surface area contributed by atoms with Gasteiger partial charge < -0.3 is 5.32 Å². The highest BCUT2D eigenvalue weighted by Gasteiger charge is 2.12. The fourth-order valence-electron chi connectivity index (χ4n) is 2.16. The van der Waals surface area contributed by atoms with Crippen molar-refractivity contribution in [1.29, 1.82) is 0 Å². The van der Waals surface area contributed by atoms with Gasteiger partial charge in [-0.3, -0.25) is 9.59 Å². The second kappa shape index (κ2) is 8.07. The third-order valence-corrected chi connectivity index (χ3v) is 6.69. The first-order valence-corrected chi connectivity index (χ1v) is 10.2. The second-order valence-electron chi connectivity index (χ2n) is 5.30. The molecule has 0 spiro atoms. The molecule has 3 rings (SSSR count). The van der Waals surface area contributed by atoms with Crippen LogP contribution in [-0.4, -0.2) is 29.0 Å². The molecule has 8 heteroatoms. The number of rotatable bonds is 7. The average molecular weight is 395 g/mol. The van der Waals surface area contributed by atoms with E-state index in [1.807, 2.05) is 12.1 Å². The lowest BCUT2D eigenvalue weighted by molar-refractivity contribution is -0.118. The summed E-state index contributed by atoms with van der Waals surface area (Å²) >= 11 is 4.22. The number of nitrogens with one attached hydrogen (secondary N) is 1. The molecule has 0 saturated carbocycles. The van der Waals surface area contributed by atoms with Crippen LogP contribution in [0, 0.1) is 5.82 Å². The van der Waals surface area contributed by atoms with Crippen molar-refractivity contribution >= 4 is 56.3 Å². The Balaban J connectivity index is 1.56. The molecule has 2 aromatic heterocycles. The van der Waals surface area contributed by atoms with E-state index in [1.54, 1.807) is 6.07 Å². The molecule has 4 nitrogen and oxygen atoms in total. The number of hydrogen-bond acceptors (Lipinski definition) is 6. The molecule has 0 atom stereocenters. The highest BCUT2D eigenvalue weighted by Crippen LogP contribution is 2.30. The predicted octanol–water partition coefficient (Wildman–Crippen LogP) is 4.15. The van der Waals surface area contributed by atoms with Crippen LogP contribution in [0.4, 0.5) is 4.39 Å². The maximum Gasteiger partial charge on any atom is 0.216 e. The Morgan fingerprint density at radius 2 is 2.08 bits per heavy atom. The third kappa shape index (κ3) is 4.87. The van der Waals surface area contributed by atoms with Crippen molar-refractivity contribution < 1.29 is 14.0 Å². The molecule has 25 heavy (non-hydrogen) atoms. The minimum Gasteiger partial charge on any atom is -0.356 e. The lowest BCUT2D eigenvalue weighted by Gasteiger charge is -1.99. The predicted molar refractivity (Wildman–Crippen MR) is 101 cm³/mol. The number of thiophene rings is 1. The lowest BCUT2D eigenvalue weighted by Crippen LogP contribution is -2.22. The summed E-state index contributed by atoms with van der Waals surface area (Å²) in [6.45, 7) is 2.05. The quantitative estimate of drug-likeness (QED) is 0.483. The summed E-state index contributed by atoms with van der Waals surface area (Å²) in [5.41, 5.74) is 0.748. The van der Waals surface area contributed by atoms with E-state index in [-0.39, 0.29) is 17.5 Å². The molecular weight excluding hydrogens is 379 g/mol. The van der Waals surface area contributed by atoms with E-state index in [0.717, 1.165) is 19.4 Å². The maximum atomic E-state index is 13.2. The number of benzene rings is 1. The summed E-state index contributed by atoms with van der Waals surface area (Å²) in [7, 11) is 0. The van der Waals surface area contributed by atoms with Crippen molar-refractivity contribution in [3.05, 3.63) is 45.9 Å². The van der Waals surface area contributed by atoms with Gasteiger partial charge in [0.05, 0.1) is 20.8 Å². The third-order valence-electron chi connectivity index (χ3n) is 3.34. The Bertz CT molecular complexity index is 920. The van der Waals surface area contributed by atoms with Gasteiger partial charge in [-0.15, -0.1) is 22.7 Å². The number of fused-ring (bicyclic) bond motifs is 1. The fourth-order valence-corrected chi connectivity index (χ4v) is 5.17. The largest absolute Gasteiger partial charge is 0.356 e. The highest BCUT2D eigenvalue weighted by atomic mass is 32.2. The van der Waals surface area contributed by atoms with Crippen LogP contribution in [-0.2, 0) is 11.2 Å². The van der Waals surface area contributed by atoms with E-state index in [0.29, 0.717) is 23.6 Å². The average Bonchev–Trinajstić information content (AvgIpc) is 3.18. The molecule has 1 amide bonds. The summed E-state index contributed by atoms with van der Waals surface area (Å²) in [6, 6.07) is 8.23. The summed E-state index contributed by atoms with van der Waals surface area (Å²) in [5.74, 6) is 0.00820. The molecule has 3 aromatic rings. The molecule has 0 aliphatic rings. The monoisotopic (exact) mass is 394 g/mol. The fraction of sp³-hybridized carbons (Fsp3) is 0.235. The Morgan fingerprint density at radius 1 is 1.24 bits per heavy atom. The minimum atomic E-state index is -0.283. The van der Waals surface area contributed by atoms with Crippen LogP contribution in [0.5, 0.6) is 0 Å². The maximum absolute atomic E-state index is 13.2. The van der Waals surface area contributed by atoms with Crippen LogP contribution >= 0.6 is 34.4 Å². The number of Topliss-reactive ketones (excluding diaryl/α,β-unsaturated/α-hetero) is 1. The number of aromatic nitrogens is 1. The Labute approximate surface area is 156 Å². The van der Waals surface area contributed by atoms with Gasteiger partial charge in [0.2, 0.25) is 5.91 Å². The first-order chi connectivity index (χ1) is 12.0. The summed E-state index contributed by atoms with van der Waals surface area (Å²) < 4.78 is 14.8. The van der Waals surface area contributed by atoms with Crippen molar-refractivity contribution in [2.24, 2.45) is 0 Å². The smallest absolute Gasteiger partial charge is 0.216 e. The van der Waals surface area contributed by atoms with Crippen LogP contribution in [0.15, 0.2) is 34.7 Å². The minimum absolute atomic E-state index is 0.0474. The van der Waals surface area contributed by atoms with Crippen LogP contribution in [0.2, 0.25) is 0 Å². The molecule has 0 bridgehead atoms. The normalized spacial score (nSPS) is 11.0. The van der Waals surface area contributed by atoms with Crippen molar-refractivity contribution in [3.63, 3.8) is 0 Å². The molecule has 130 valence electrons. The standard InChI is InChI=1S/C17H15FN2O2S3/c1-10(21)19-7-6-12-3-5-15(24-12)14(22)9-23-17-20-13-4-2-11(18)8-16(13)25-17/h2-5,8H,6-7,9H2,1H3,(H,19,21). The number of nitrogens with zero attached hydrogens (tertiary/aromatic N) is 1. The van der Waals surface area contributed by atoms with Crippen LogP contribution < -0.4 is 5.32 Å². The zero-order chi connectivity index (χ0) is 17.8. The van der Waals surface area contributed by atoms with Crippen LogP contribution in [0.1, 0.15) is 21.5 Å². The van der Waals surface area contributed by atoms with Gasteiger partial charge in [0, 0.05) is 18.3 Å². The summed E-state index contributed by atoms with van der Waals surface area (Å²) in [5, 5.41) is 2.74. The number of amides is 1. The van der Waals surface area contributed by atoms with Crippen molar-refractivity contribution in [1.82, 2.24) is 10.3 Å². The molecule has 0 unspecified atom stereocenters. The van der Waals surface area contributed by atoms with Crippen LogP contribution in [0.3, 0.4) is 0 Å². The number of ketones is 1. The SMILES string of the molecule is CC(=O)NCCc1ccc(C(=O)CSc2nc3ccc(F)cc3s2)s1. The summed E-state index contributed by atoms with van der Waals surface area (Å²) in [4.78, 5) is 29.4. The Kier molecular flexibility index (Phi) is 5.82. The number of carbonyl (C=O) groups excluding carboxylic acids is 2. The van der Waals surface area contributed by atoms with E-state index in [9.17, 15) is 14.0 Å². The first-order valence-electron chi connectivity index (χ1n) is 7.56. The number of hydrogen-bond donors (Lipinski definition) is 1. The zero-order valence-electron chi connectivity index (χ0n) is 13.4. The summed E-state index contributed by atoms with van der Waals surface area (Å²) in [6.07, 6.45) is 0.716. The van der Waals surface area contributed by atoms with E-state index in [2.05, 4.69) is 10.3 Å². The van der Waals surface area contributed by atoms with Gasteiger partial charge in [-0.2, -0.15) is 0 Å². The number of thioether (sulfide) groups is 1. The van der Waals surface area contributed by atoms with Crippen molar-refractivity contribution in [2.75, 3.05) is 12.3 Å². The number of halogens is 1. The molecule has 0 saturated heterocycles. The molecule has 0 aliphatic heterocycles. The van der Waals surface area contributed by atoms with Crippen LogP contribution in [0.25, 0.3) is 10.2 Å². The molecule has 1 N–H and O–H groups in total. The number of thiazole rings is 1. The van der Waals surface area contributed by atoms with E-state index in [4.69, 9.17) is 0 Å². The first kappa shape index (κ1) is 18.0. The van der Waals surface area contributed by atoms with Gasteiger partial charge in [-0.05, 0) is 36.8 Å². The van der Waals surface area contributed by atoms with E-state index >= 15 is 0 Å². The van der Waals surface area contributed by atoms with Gasteiger partial charge in [0.25, 0.3) is 0 Å². The topological polar surface area (TPSA) is 59.1 Å². The lowest BCUT2D eigenvalue weighted by atomic mass is 10.3. The van der Waals surface area contributed by atoms with Gasteiger partial charge in [0.1, 0.15) is 5.82 Å². The molecular formula is C17H15FN2O2S3. The molecule has 2 heterocycles. The highest BCUT2D eigenvalue weighted by molar-refractivity contribution is 8.01. The number of carbonyl (C=O) groups is 2. The van der Waals surface area contributed by atoms with Gasteiger partial charge in [-0.1, -0.05) is 11.8 Å². The van der Waals surface area contributed by atoms with Gasteiger partial charge >= 0.3 is 0 Å². The van der Waals surface area contributed by atoms with E-state index < -0.39 is 0 Å². The molecule has 1 aromatic carbocycles. The zero-order valence-corrected chi connectivity index (χ0v) is 15.8. The molecule has 0 radical (unpaired) electrons. The van der Waals surface area contributed by atoms with Crippen molar-refractivity contribution in [2.45, 2.75) is 17.7 Å². The molecule has 0 fully saturated rings. The second-order valence-corrected chi connectivity index (χ2v) is 8.72. The Morgan fingerprint density at radius 3 is 2.88 bits per heavy atom. The Hall–Kier alpha value is -1.77. The van der Waals surface area contributed by atoms with Gasteiger partial charge in [0.15, 0.2) is 10.1 Å².